The van der Waals surface area contributed by atoms with Gasteiger partial charge in [0, 0.05) is 18.8 Å². The smallest absolute Gasteiger partial charge is 0.0340 e. The predicted octanol–water partition coefficient (Wildman–Crippen LogP) is 2.53. The van der Waals surface area contributed by atoms with Crippen LogP contribution < -0.4 is 11.1 Å². The Hall–Kier alpha value is -1.02. The van der Waals surface area contributed by atoms with E-state index in [1.54, 1.807) is 0 Å². The van der Waals surface area contributed by atoms with E-state index in [1.165, 1.54) is 24.8 Å². The summed E-state index contributed by atoms with van der Waals surface area (Å²) in [6.45, 7) is 0. The van der Waals surface area contributed by atoms with Gasteiger partial charge in [-0.3, -0.25) is 0 Å². The Kier molecular flexibility index (Phi) is 2.73. The van der Waals surface area contributed by atoms with Crippen LogP contribution in [0.2, 0.25) is 0 Å². The van der Waals surface area contributed by atoms with E-state index < -0.39 is 0 Å². The number of anilines is 1. The quantitative estimate of drug-likeness (QED) is 0.768. The summed E-state index contributed by atoms with van der Waals surface area (Å²) in [6, 6.07) is 8.65. The average Bonchev–Trinajstić information content (AvgIpc) is 2.15. The van der Waals surface area contributed by atoms with Gasteiger partial charge in [0.25, 0.3) is 0 Å². The molecule has 0 heterocycles. The van der Waals surface area contributed by atoms with Crippen LogP contribution in [0, 0.1) is 5.92 Å². The van der Waals surface area contributed by atoms with Gasteiger partial charge in [-0.15, -0.1) is 0 Å². The highest BCUT2D eigenvalue weighted by atomic mass is 14.8. The Morgan fingerprint density at radius 2 is 2.21 bits per heavy atom. The Morgan fingerprint density at radius 3 is 2.79 bits per heavy atom. The van der Waals surface area contributed by atoms with E-state index in [9.17, 15) is 0 Å². The highest BCUT2D eigenvalue weighted by Crippen LogP contribution is 2.36. The van der Waals surface area contributed by atoms with Crippen LogP contribution in [0.25, 0.3) is 0 Å². The predicted molar refractivity (Wildman–Crippen MR) is 60.3 cm³/mol. The third-order valence-electron chi connectivity index (χ3n) is 3.22. The van der Waals surface area contributed by atoms with Crippen molar-refractivity contribution in [2.24, 2.45) is 11.7 Å². The van der Waals surface area contributed by atoms with Crippen LogP contribution in [-0.4, -0.2) is 7.05 Å². The molecule has 2 heteroatoms. The molecule has 1 aromatic rings. The molecule has 1 aliphatic carbocycles. The van der Waals surface area contributed by atoms with Crippen LogP contribution in [0.15, 0.2) is 24.3 Å². The molecule has 14 heavy (non-hydrogen) atoms. The van der Waals surface area contributed by atoms with Crippen molar-refractivity contribution in [2.75, 3.05) is 12.4 Å². The summed E-state index contributed by atoms with van der Waals surface area (Å²) in [7, 11) is 1.94. The molecule has 1 aromatic carbocycles. The van der Waals surface area contributed by atoms with E-state index >= 15 is 0 Å². The van der Waals surface area contributed by atoms with Gasteiger partial charge in [-0.05, 0) is 36.5 Å². The number of benzene rings is 1. The number of rotatable bonds is 3. The summed E-state index contributed by atoms with van der Waals surface area (Å²) >= 11 is 0. The van der Waals surface area contributed by atoms with Gasteiger partial charge in [0.05, 0.1) is 0 Å². The molecule has 2 rings (SSSR count). The summed E-state index contributed by atoms with van der Waals surface area (Å²) in [5.41, 5.74) is 8.61. The van der Waals surface area contributed by atoms with Gasteiger partial charge in [-0.1, -0.05) is 18.6 Å². The number of hydrogen-bond donors (Lipinski definition) is 2. The minimum atomic E-state index is 0.233. The fourth-order valence-corrected chi connectivity index (χ4v) is 1.97. The summed E-state index contributed by atoms with van der Waals surface area (Å²) < 4.78 is 0. The highest BCUT2D eigenvalue weighted by Gasteiger charge is 2.25. The van der Waals surface area contributed by atoms with Crippen molar-refractivity contribution >= 4 is 5.69 Å². The molecule has 3 N–H and O–H groups in total. The van der Waals surface area contributed by atoms with Crippen molar-refractivity contribution < 1.29 is 0 Å². The largest absolute Gasteiger partial charge is 0.388 e. The summed E-state index contributed by atoms with van der Waals surface area (Å²) in [6.07, 6.45) is 3.94. The molecule has 1 unspecified atom stereocenters. The molecule has 0 saturated heterocycles. The van der Waals surface area contributed by atoms with Gasteiger partial charge < -0.3 is 11.1 Å². The zero-order chi connectivity index (χ0) is 9.97. The van der Waals surface area contributed by atoms with Gasteiger partial charge in [0.2, 0.25) is 0 Å². The van der Waals surface area contributed by atoms with Gasteiger partial charge >= 0.3 is 0 Å². The number of nitrogens with two attached hydrogens (primary N) is 1. The lowest BCUT2D eigenvalue weighted by Gasteiger charge is -2.31. The second-order valence-electron chi connectivity index (χ2n) is 4.09. The molecule has 1 atom stereocenters. The minimum Gasteiger partial charge on any atom is -0.388 e. The second kappa shape index (κ2) is 4.01. The van der Waals surface area contributed by atoms with Gasteiger partial charge in [-0.2, -0.15) is 0 Å². The molecular weight excluding hydrogens is 172 g/mol. The number of nitrogens with one attached hydrogen (secondary N) is 1. The maximum absolute atomic E-state index is 6.20. The summed E-state index contributed by atoms with van der Waals surface area (Å²) in [4.78, 5) is 0. The monoisotopic (exact) mass is 190 g/mol. The van der Waals surface area contributed by atoms with Crippen molar-refractivity contribution in [2.45, 2.75) is 25.3 Å². The topological polar surface area (TPSA) is 38.0 Å². The molecule has 1 aliphatic rings. The van der Waals surface area contributed by atoms with E-state index in [4.69, 9.17) is 5.73 Å². The van der Waals surface area contributed by atoms with Crippen molar-refractivity contribution in [1.82, 2.24) is 0 Å². The molecule has 0 spiro atoms. The Morgan fingerprint density at radius 1 is 1.43 bits per heavy atom. The molecular formula is C12H18N2. The van der Waals surface area contributed by atoms with Crippen molar-refractivity contribution in [3.63, 3.8) is 0 Å². The second-order valence-corrected chi connectivity index (χ2v) is 4.09. The lowest BCUT2D eigenvalue weighted by molar-refractivity contribution is 0.264. The SMILES string of the molecule is CNc1cccc(C(N)C2CCC2)c1. The number of hydrogen-bond acceptors (Lipinski definition) is 2. The molecule has 0 aromatic heterocycles. The fraction of sp³-hybridized carbons (Fsp3) is 0.500. The fourth-order valence-electron chi connectivity index (χ4n) is 1.97. The molecule has 1 fully saturated rings. The van der Waals surface area contributed by atoms with Gasteiger partial charge in [0.15, 0.2) is 0 Å². The first-order chi connectivity index (χ1) is 6.81. The van der Waals surface area contributed by atoms with E-state index in [-0.39, 0.29) is 6.04 Å². The maximum atomic E-state index is 6.20. The van der Waals surface area contributed by atoms with Crippen molar-refractivity contribution in [3.8, 4) is 0 Å². The van der Waals surface area contributed by atoms with Gasteiger partial charge in [-0.25, -0.2) is 0 Å². The molecule has 2 nitrogen and oxygen atoms in total. The van der Waals surface area contributed by atoms with Crippen LogP contribution in [0.4, 0.5) is 5.69 Å². The third kappa shape index (κ3) is 1.75. The van der Waals surface area contributed by atoms with Crippen molar-refractivity contribution in [1.29, 1.82) is 0 Å². The standard InChI is InChI=1S/C12H18N2/c1-14-11-7-3-6-10(8-11)12(13)9-4-2-5-9/h3,6-9,12,14H,2,4-5,13H2,1H3. The van der Waals surface area contributed by atoms with E-state index in [2.05, 4.69) is 29.6 Å². The van der Waals surface area contributed by atoms with Crippen LogP contribution >= 0.6 is 0 Å². The first-order valence-electron chi connectivity index (χ1n) is 5.34. The highest BCUT2D eigenvalue weighted by molar-refractivity contribution is 5.45. The molecule has 76 valence electrons. The first-order valence-corrected chi connectivity index (χ1v) is 5.34. The van der Waals surface area contributed by atoms with E-state index in [1.807, 2.05) is 7.05 Å². The first kappa shape index (κ1) is 9.53. The molecule has 1 saturated carbocycles. The molecule has 0 aliphatic heterocycles. The van der Waals surface area contributed by atoms with Crippen LogP contribution in [0.1, 0.15) is 30.9 Å². The van der Waals surface area contributed by atoms with Crippen LogP contribution in [0.5, 0.6) is 0 Å². The lowest BCUT2D eigenvalue weighted by atomic mass is 9.77. The average molecular weight is 190 g/mol. The van der Waals surface area contributed by atoms with E-state index in [0.717, 1.165) is 5.69 Å². The molecule has 0 radical (unpaired) electrons. The molecule has 0 bridgehead atoms. The molecule has 0 amide bonds. The maximum Gasteiger partial charge on any atom is 0.0340 e. The Balaban J connectivity index is 2.13. The lowest BCUT2D eigenvalue weighted by Crippen LogP contribution is -2.26. The Labute approximate surface area is 85.5 Å². The van der Waals surface area contributed by atoms with Crippen LogP contribution in [-0.2, 0) is 0 Å². The summed E-state index contributed by atoms with van der Waals surface area (Å²) in [5.74, 6) is 0.710. The zero-order valence-corrected chi connectivity index (χ0v) is 8.66. The van der Waals surface area contributed by atoms with Gasteiger partial charge in [0.1, 0.15) is 0 Å². The minimum absolute atomic E-state index is 0.233. The van der Waals surface area contributed by atoms with Crippen LogP contribution in [0.3, 0.4) is 0 Å². The normalized spacial score (nSPS) is 18.7. The summed E-state index contributed by atoms with van der Waals surface area (Å²) in [5, 5.41) is 3.14. The Bertz CT molecular complexity index is 305. The third-order valence-corrected chi connectivity index (χ3v) is 3.22. The van der Waals surface area contributed by atoms with E-state index in [0.29, 0.717) is 5.92 Å². The van der Waals surface area contributed by atoms with Crippen molar-refractivity contribution in [3.05, 3.63) is 29.8 Å². The zero-order valence-electron chi connectivity index (χ0n) is 8.66.